The zero-order valence-electron chi connectivity index (χ0n) is 16.6. The van der Waals surface area contributed by atoms with Crippen LogP contribution in [-0.4, -0.2) is 27.4 Å². The lowest BCUT2D eigenvalue weighted by molar-refractivity contribution is -0.145. The highest BCUT2D eigenvalue weighted by Gasteiger charge is 2.33. The van der Waals surface area contributed by atoms with Crippen LogP contribution in [0.2, 0.25) is 0 Å². The normalized spacial score (nSPS) is 16.2. The highest BCUT2D eigenvalue weighted by Crippen LogP contribution is 2.37. The Labute approximate surface area is 189 Å². The molecule has 0 saturated carbocycles. The summed E-state index contributed by atoms with van der Waals surface area (Å²) in [6.45, 7) is 1.75. The summed E-state index contributed by atoms with van der Waals surface area (Å²) in [5.41, 5.74) is 1.46. The number of rotatable bonds is 6. The number of hydrogen-bond donors (Lipinski definition) is 1. The number of fused-ring (bicyclic) bond motifs is 1. The number of carboxylic acid groups (broad SMARTS) is 1. The van der Waals surface area contributed by atoms with E-state index in [1.54, 1.807) is 31.2 Å². The van der Waals surface area contributed by atoms with Crippen LogP contribution >= 0.6 is 24.0 Å². The maximum atomic E-state index is 13.1. The number of thiocarbonyl (C=S) groups is 1. The van der Waals surface area contributed by atoms with Gasteiger partial charge in [-0.15, -0.1) is 0 Å². The van der Waals surface area contributed by atoms with Crippen LogP contribution in [0.4, 0.5) is 5.69 Å². The lowest BCUT2D eigenvalue weighted by Crippen LogP contribution is -2.27. The quantitative estimate of drug-likeness (QED) is 0.397. The number of carbonyl (C=O) groups excluding carboxylic acids is 1. The molecule has 1 atom stereocenters. The van der Waals surface area contributed by atoms with Gasteiger partial charge in [0, 0.05) is 0 Å². The lowest BCUT2D eigenvalue weighted by atomic mass is 10.1. The Morgan fingerprint density at radius 1 is 1.13 bits per heavy atom. The van der Waals surface area contributed by atoms with Crippen LogP contribution in [0.25, 0.3) is 16.8 Å². The molecule has 0 aliphatic carbocycles. The third-order valence-electron chi connectivity index (χ3n) is 4.87. The van der Waals surface area contributed by atoms with E-state index in [0.717, 1.165) is 22.0 Å². The van der Waals surface area contributed by atoms with Gasteiger partial charge in [-0.25, -0.2) is 4.79 Å². The largest absolute Gasteiger partial charge is 0.479 e. The summed E-state index contributed by atoms with van der Waals surface area (Å²) in [6, 6.07) is 20.8. The molecule has 31 heavy (non-hydrogen) atoms. The SMILES string of the molecule is CCC(Oc1cccc(/C=C2/SC(=S)N(c3ccc4ccccc4c3)C2=O)c1)C(=O)O. The Hall–Kier alpha value is -3.16. The minimum Gasteiger partial charge on any atom is -0.479 e. The predicted octanol–water partition coefficient (Wildman–Crippen LogP) is 5.49. The van der Waals surface area contributed by atoms with Gasteiger partial charge in [0.15, 0.2) is 10.4 Å². The van der Waals surface area contributed by atoms with Crippen molar-refractivity contribution in [2.24, 2.45) is 0 Å². The molecule has 1 N–H and O–H groups in total. The van der Waals surface area contributed by atoms with Crippen LogP contribution in [0.3, 0.4) is 0 Å². The van der Waals surface area contributed by atoms with Gasteiger partial charge in [-0.3, -0.25) is 9.69 Å². The van der Waals surface area contributed by atoms with Crippen LogP contribution in [0.15, 0.2) is 71.6 Å². The van der Waals surface area contributed by atoms with Gasteiger partial charge in [-0.2, -0.15) is 0 Å². The smallest absolute Gasteiger partial charge is 0.344 e. The topological polar surface area (TPSA) is 66.8 Å². The Kier molecular flexibility index (Phi) is 6.06. The van der Waals surface area contributed by atoms with Crippen molar-refractivity contribution >= 4 is 62.7 Å². The number of anilines is 1. The Bertz CT molecular complexity index is 1220. The van der Waals surface area contributed by atoms with Gasteiger partial charge >= 0.3 is 5.97 Å². The predicted molar refractivity (Wildman–Crippen MR) is 128 cm³/mol. The van der Waals surface area contributed by atoms with Gasteiger partial charge < -0.3 is 9.84 Å². The number of thioether (sulfide) groups is 1. The Balaban J connectivity index is 1.59. The average molecular weight is 450 g/mol. The summed E-state index contributed by atoms with van der Waals surface area (Å²) in [5.74, 6) is -0.759. The monoisotopic (exact) mass is 449 g/mol. The number of carbonyl (C=O) groups is 2. The molecule has 1 fully saturated rings. The van der Waals surface area contributed by atoms with Crippen molar-refractivity contribution in [2.45, 2.75) is 19.4 Å². The van der Waals surface area contributed by atoms with Gasteiger partial charge in [0.2, 0.25) is 0 Å². The van der Waals surface area contributed by atoms with E-state index in [9.17, 15) is 14.7 Å². The first-order chi connectivity index (χ1) is 15.0. The van der Waals surface area contributed by atoms with Crippen molar-refractivity contribution in [3.8, 4) is 5.75 Å². The van der Waals surface area contributed by atoms with E-state index < -0.39 is 12.1 Å². The molecule has 4 rings (SSSR count). The fraction of sp³-hybridized carbons (Fsp3) is 0.125. The van der Waals surface area contributed by atoms with Crippen LogP contribution in [0.1, 0.15) is 18.9 Å². The number of carboxylic acids is 1. The zero-order valence-corrected chi connectivity index (χ0v) is 18.3. The first-order valence-corrected chi connectivity index (χ1v) is 10.9. The number of hydrogen-bond acceptors (Lipinski definition) is 5. The third-order valence-corrected chi connectivity index (χ3v) is 6.17. The Morgan fingerprint density at radius 3 is 2.65 bits per heavy atom. The summed E-state index contributed by atoms with van der Waals surface area (Å²) in [6.07, 6.45) is 1.18. The van der Waals surface area contributed by atoms with Crippen LogP contribution in [0, 0.1) is 0 Å². The van der Waals surface area contributed by atoms with Crippen LogP contribution in [0.5, 0.6) is 5.75 Å². The second kappa shape index (κ2) is 8.91. The fourth-order valence-electron chi connectivity index (χ4n) is 3.31. The third kappa shape index (κ3) is 4.47. The van der Waals surface area contributed by atoms with E-state index in [2.05, 4.69) is 0 Å². The molecule has 3 aromatic rings. The molecule has 1 aliphatic heterocycles. The fourth-order valence-corrected chi connectivity index (χ4v) is 4.61. The van der Waals surface area contributed by atoms with E-state index in [4.69, 9.17) is 17.0 Å². The summed E-state index contributed by atoms with van der Waals surface area (Å²) in [5, 5.41) is 11.3. The molecule has 1 amide bonds. The lowest BCUT2D eigenvalue weighted by Gasteiger charge is -2.15. The van der Waals surface area contributed by atoms with E-state index in [1.807, 2.05) is 48.5 Å². The van der Waals surface area contributed by atoms with Crippen molar-refractivity contribution in [2.75, 3.05) is 4.90 Å². The van der Waals surface area contributed by atoms with E-state index in [-0.39, 0.29) is 5.91 Å². The van der Waals surface area contributed by atoms with Crippen molar-refractivity contribution < 1.29 is 19.4 Å². The molecule has 0 spiro atoms. The second-order valence-corrected chi connectivity index (χ2v) is 8.65. The molecule has 7 heteroatoms. The Morgan fingerprint density at radius 2 is 1.90 bits per heavy atom. The minimum atomic E-state index is -1.01. The van der Waals surface area contributed by atoms with Gasteiger partial charge in [0.05, 0.1) is 10.6 Å². The molecule has 1 unspecified atom stereocenters. The maximum Gasteiger partial charge on any atom is 0.344 e. The molecule has 0 bridgehead atoms. The van der Waals surface area contributed by atoms with E-state index in [1.165, 1.54) is 16.7 Å². The summed E-state index contributed by atoms with van der Waals surface area (Å²) in [4.78, 5) is 26.4. The van der Waals surface area contributed by atoms with Crippen molar-refractivity contribution in [1.29, 1.82) is 0 Å². The highest BCUT2D eigenvalue weighted by molar-refractivity contribution is 8.27. The van der Waals surface area contributed by atoms with Gasteiger partial charge in [0.1, 0.15) is 5.75 Å². The van der Waals surface area contributed by atoms with Gasteiger partial charge in [-0.05, 0) is 53.1 Å². The molecule has 0 aromatic heterocycles. The molecule has 1 heterocycles. The molecule has 156 valence electrons. The standard InChI is InChI=1S/C24H19NO4S2/c1-2-20(23(27)28)29-19-9-5-6-15(12-19)13-21-22(26)25(24(30)31-21)18-11-10-16-7-3-4-8-17(16)14-18/h3-14,20H,2H2,1H3,(H,27,28)/b21-13+. The van der Waals surface area contributed by atoms with Gasteiger partial charge in [0.25, 0.3) is 5.91 Å². The van der Waals surface area contributed by atoms with Crippen molar-refractivity contribution in [3.05, 3.63) is 77.2 Å². The van der Waals surface area contributed by atoms with E-state index in [0.29, 0.717) is 21.4 Å². The highest BCUT2D eigenvalue weighted by atomic mass is 32.2. The number of amides is 1. The number of nitrogens with zero attached hydrogens (tertiary/aromatic N) is 1. The number of aliphatic carboxylic acids is 1. The first kappa shape index (κ1) is 21.1. The summed E-state index contributed by atoms with van der Waals surface area (Å²) >= 11 is 6.72. The second-order valence-electron chi connectivity index (χ2n) is 6.97. The first-order valence-electron chi connectivity index (χ1n) is 9.72. The molecular formula is C24H19NO4S2. The molecule has 3 aromatic carbocycles. The van der Waals surface area contributed by atoms with Crippen LogP contribution in [-0.2, 0) is 9.59 Å². The summed E-state index contributed by atoms with van der Waals surface area (Å²) < 4.78 is 6.02. The summed E-state index contributed by atoms with van der Waals surface area (Å²) in [7, 11) is 0. The minimum absolute atomic E-state index is 0.187. The zero-order chi connectivity index (χ0) is 22.0. The maximum absolute atomic E-state index is 13.1. The van der Waals surface area contributed by atoms with Crippen molar-refractivity contribution in [1.82, 2.24) is 0 Å². The molecular weight excluding hydrogens is 430 g/mol. The average Bonchev–Trinajstić information content (AvgIpc) is 3.04. The van der Waals surface area contributed by atoms with Crippen molar-refractivity contribution in [3.63, 3.8) is 0 Å². The molecule has 5 nitrogen and oxygen atoms in total. The van der Waals surface area contributed by atoms with Crippen LogP contribution < -0.4 is 9.64 Å². The number of ether oxygens (including phenoxy) is 1. The van der Waals surface area contributed by atoms with Gasteiger partial charge in [-0.1, -0.05) is 73.4 Å². The molecule has 1 aliphatic rings. The molecule has 1 saturated heterocycles. The number of benzene rings is 3. The molecule has 0 radical (unpaired) electrons. The van der Waals surface area contributed by atoms with E-state index >= 15 is 0 Å².